The number of nitrogens with one attached hydrogen (secondary N) is 1. The molecule has 2 aromatic rings. The summed E-state index contributed by atoms with van der Waals surface area (Å²) in [7, 11) is 0. The molecule has 0 aliphatic carbocycles. The van der Waals surface area contributed by atoms with Gasteiger partial charge in [-0.1, -0.05) is 0 Å². The highest BCUT2D eigenvalue weighted by Crippen LogP contribution is 2.16. The first kappa shape index (κ1) is 13.0. The first-order valence-corrected chi connectivity index (χ1v) is 7.47. The van der Waals surface area contributed by atoms with E-state index in [4.69, 9.17) is 0 Å². The number of nitrogens with zero attached hydrogens (tertiary/aromatic N) is 4. The van der Waals surface area contributed by atoms with Gasteiger partial charge < -0.3 is 10.2 Å². The van der Waals surface area contributed by atoms with Crippen molar-refractivity contribution in [2.75, 3.05) is 18.4 Å². The van der Waals surface area contributed by atoms with Gasteiger partial charge >= 0.3 is 0 Å². The molecule has 1 N–H and O–H groups in total. The van der Waals surface area contributed by atoms with Crippen LogP contribution in [0.25, 0.3) is 0 Å². The van der Waals surface area contributed by atoms with Crippen LogP contribution in [-0.2, 0) is 0 Å². The average Bonchev–Trinajstić information content (AvgIpc) is 3.03. The second-order valence-electron chi connectivity index (χ2n) is 4.68. The Morgan fingerprint density at radius 1 is 1.35 bits per heavy atom. The Morgan fingerprint density at radius 2 is 2.20 bits per heavy atom. The number of thiazole rings is 1. The maximum absolute atomic E-state index is 12.2. The lowest BCUT2D eigenvalue weighted by atomic mass is 10.0. The third kappa shape index (κ3) is 2.93. The number of amides is 1. The fourth-order valence-electron chi connectivity index (χ4n) is 2.29. The van der Waals surface area contributed by atoms with Crippen LogP contribution < -0.4 is 5.32 Å². The molecule has 1 saturated heterocycles. The van der Waals surface area contributed by atoms with Crippen molar-refractivity contribution in [1.29, 1.82) is 0 Å². The Balaban J connectivity index is 1.53. The largest absolute Gasteiger partial charge is 0.367 e. The SMILES string of the molecule is O=C(c1cscn1)N1CCC(Nc2ccncn2)CC1. The lowest BCUT2D eigenvalue weighted by Crippen LogP contribution is -2.42. The molecule has 3 rings (SSSR count). The van der Waals surface area contributed by atoms with Crippen molar-refractivity contribution in [2.24, 2.45) is 0 Å². The maximum atomic E-state index is 12.2. The molecule has 20 heavy (non-hydrogen) atoms. The van der Waals surface area contributed by atoms with Crippen molar-refractivity contribution in [1.82, 2.24) is 19.9 Å². The van der Waals surface area contributed by atoms with Crippen molar-refractivity contribution < 1.29 is 4.79 Å². The molecule has 0 saturated carbocycles. The van der Waals surface area contributed by atoms with Crippen molar-refractivity contribution in [2.45, 2.75) is 18.9 Å². The molecule has 3 heterocycles. The standard InChI is InChI=1S/C13H15N5OS/c19-13(11-7-20-9-16-11)18-5-2-10(3-6-18)17-12-1-4-14-8-15-12/h1,4,7-10H,2-3,5-6H2,(H,14,15,17). The second kappa shape index (κ2) is 5.96. The lowest BCUT2D eigenvalue weighted by molar-refractivity contribution is 0.0713. The van der Waals surface area contributed by atoms with E-state index < -0.39 is 0 Å². The first-order valence-electron chi connectivity index (χ1n) is 6.53. The molecular formula is C13H15N5OS. The predicted molar refractivity (Wildman–Crippen MR) is 76.7 cm³/mol. The molecule has 1 amide bonds. The summed E-state index contributed by atoms with van der Waals surface area (Å²) in [4.78, 5) is 26.1. The van der Waals surface area contributed by atoms with Gasteiger partial charge in [0.1, 0.15) is 17.8 Å². The van der Waals surface area contributed by atoms with E-state index >= 15 is 0 Å². The van der Waals surface area contributed by atoms with Gasteiger partial charge in [-0.15, -0.1) is 11.3 Å². The Labute approximate surface area is 120 Å². The van der Waals surface area contributed by atoms with E-state index in [0.717, 1.165) is 31.7 Å². The molecule has 0 spiro atoms. The molecule has 0 unspecified atom stereocenters. The van der Waals surface area contributed by atoms with Crippen molar-refractivity contribution in [3.8, 4) is 0 Å². The highest BCUT2D eigenvalue weighted by molar-refractivity contribution is 7.07. The molecule has 1 aliphatic rings. The van der Waals surface area contributed by atoms with Crippen molar-refractivity contribution in [3.05, 3.63) is 35.2 Å². The number of hydrogen-bond acceptors (Lipinski definition) is 6. The monoisotopic (exact) mass is 289 g/mol. The molecule has 2 aromatic heterocycles. The van der Waals surface area contributed by atoms with E-state index in [9.17, 15) is 4.79 Å². The highest BCUT2D eigenvalue weighted by Gasteiger charge is 2.24. The first-order chi connectivity index (χ1) is 9.83. The second-order valence-corrected chi connectivity index (χ2v) is 5.40. The molecule has 0 radical (unpaired) electrons. The summed E-state index contributed by atoms with van der Waals surface area (Å²) in [5.74, 6) is 0.871. The van der Waals surface area contributed by atoms with E-state index in [1.54, 1.807) is 17.1 Å². The smallest absolute Gasteiger partial charge is 0.273 e. The van der Waals surface area contributed by atoms with Gasteiger partial charge in [0.2, 0.25) is 0 Å². The number of carbonyl (C=O) groups excluding carboxylic acids is 1. The van der Waals surface area contributed by atoms with Gasteiger partial charge in [0.05, 0.1) is 5.51 Å². The number of anilines is 1. The summed E-state index contributed by atoms with van der Waals surface area (Å²) in [6.07, 6.45) is 5.08. The van der Waals surface area contributed by atoms with Gasteiger partial charge in [-0.05, 0) is 18.9 Å². The van der Waals surface area contributed by atoms with Crippen LogP contribution >= 0.6 is 11.3 Å². The summed E-state index contributed by atoms with van der Waals surface area (Å²) >= 11 is 1.45. The van der Waals surface area contributed by atoms with Crippen LogP contribution in [0.15, 0.2) is 29.5 Å². The zero-order valence-electron chi connectivity index (χ0n) is 10.9. The van der Waals surface area contributed by atoms with Gasteiger partial charge in [-0.2, -0.15) is 0 Å². The minimum Gasteiger partial charge on any atom is -0.367 e. The number of aromatic nitrogens is 3. The van der Waals surface area contributed by atoms with Crippen molar-refractivity contribution >= 4 is 23.1 Å². The van der Waals surface area contributed by atoms with Gasteiger partial charge in [0.25, 0.3) is 5.91 Å². The molecule has 0 bridgehead atoms. The quantitative estimate of drug-likeness (QED) is 0.930. The van der Waals surface area contributed by atoms with Crippen LogP contribution in [0.3, 0.4) is 0 Å². The van der Waals surface area contributed by atoms with Gasteiger partial charge in [0.15, 0.2) is 0 Å². The summed E-state index contributed by atoms with van der Waals surface area (Å²) in [6, 6.07) is 2.21. The molecule has 0 aromatic carbocycles. The van der Waals surface area contributed by atoms with Crippen molar-refractivity contribution in [3.63, 3.8) is 0 Å². The number of carbonyl (C=O) groups is 1. The predicted octanol–water partition coefficient (Wildman–Crippen LogP) is 1.65. The van der Waals surface area contributed by atoms with Gasteiger partial charge in [-0.3, -0.25) is 4.79 Å². The van der Waals surface area contributed by atoms with E-state index in [-0.39, 0.29) is 5.91 Å². The average molecular weight is 289 g/mol. The molecule has 1 aliphatic heterocycles. The van der Waals surface area contributed by atoms with Crippen LogP contribution in [0.1, 0.15) is 23.3 Å². The fraction of sp³-hybridized carbons (Fsp3) is 0.385. The number of likely N-dealkylation sites (tertiary alicyclic amines) is 1. The van der Waals surface area contributed by atoms with Gasteiger partial charge in [0, 0.05) is 30.7 Å². The third-order valence-electron chi connectivity index (χ3n) is 3.37. The van der Waals surface area contributed by atoms with E-state index in [1.165, 1.54) is 17.7 Å². The summed E-state index contributed by atoms with van der Waals surface area (Å²) in [6.45, 7) is 1.50. The summed E-state index contributed by atoms with van der Waals surface area (Å²) < 4.78 is 0. The molecule has 0 atom stereocenters. The van der Waals surface area contributed by atoms with Crippen LogP contribution in [0.2, 0.25) is 0 Å². The highest BCUT2D eigenvalue weighted by atomic mass is 32.1. The Morgan fingerprint density at radius 3 is 2.85 bits per heavy atom. The molecular weight excluding hydrogens is 274 g/mol. The fourth-order valence-corrected chi connectivity index (χ4v) is 2.82. The van der Waals surface area contributed by atoms with Gasteiger partial charge in [-0.25, -0.2) is 15.0 Å². The minimum absolute atomic E-state index is 0.0340. The zero-order valence-corrected chi connectivity index (χ0v) is 11.7. The topological polar surface area (TPSA) is 71.0 Å². The molecule has 7 heteroatoms. The maximum Gasteiger partial charge on any atom is 0.273 e. The Kier molecular flexibility index (Phi) is 3.87. The van der Waals surface area contributed by atoms with Crippen LogP contribution in [-0.4, -0.2) is 44.9 Å². The van der Waals surface area contributed by atoms with E-state index in [1.807, 2.05) is 11.0 Å². The lowest BCUT2D eigenvalue weighted by Gasteiger charge is -2.32. The molecule has 104 valence electrons. The number of hydrogen-bond donors (Lipinski definition) is 1. The summed E-state index contributed by atoms with van der Waals surface area (Å²) in [5.41, 5.74) is 2.24. The van der Waals surface area contributed by atoms with Crippen LogP contribution in [0.5, 0.6) is 0 Å². The zero-order chi connectivity index (χ0) is 13.8. The Hall–Kier alpha value is -2.02. The third-order valence-corrected chi connectivity index (χ3v) is 3.95. The van der Waals surface area contributed by atoms with Crippen LogP contribution in [0, 0.1) is 0 Å². The minimum atomic E-state index is 0.0340. The van der Waals surface area contributed by atoms with E-state index in [2.05, 4.69) is 20.3 Å². The number of piperidine rings is 1. The van der Waals surface area contributed by atoms with Crippen LogP contribution in [0.4, 0.5) is 5.82 Å². The molecule has 1 fully saturated rings. The summed E-state index contributed by atoms with van der Waals surface area (Å²) in [5, 5.41) is 5.17. The Bertz CT molecular complexity index is 551. The normalized spacial score (nSPS) is 16.1. The van der Waals surface area contributed by atoms with E-state index in [0.29, 0.717) is 11.7 Å². The number of rotatable bonds is 3. The molecule has 6 nitrogen and oxygen atoms in total.